The lowest BCUT2D eigenvalue weighted by Gasteiger charge is -2.21. The molecule has 444 valence electrons. The van der Waals surface area contributed by atoms with Crippen molar-refractivity contribution >= 4 is 25.7 Å². The normalized spacial score (nSPS) is 14.2. The van der Waals surface area contributed by atoms with Crippen molar-refractivity contribution in [1.29, 1.82) is 0 Å². The highest BCUT2D eigenvalue weighted by Crippen LogP contribution is 2.43. The molecule has 0 bridgehead atoms. The van der Waals surface area contributed by atoms with Gasteiger partial charge in [-0.1, -0.05) is 232 Å². The summed E-state index contributed by atoms with van der Waals surface area (Å²) >= 11 is 0. The molecule has 11 nitrogen and oxygen atoms in total. The van der Waals surface area contributed by atoms with Crippen LogP contribution in [0.5, 0.6) is 0 Å². The largest absolute Gasteiger partial charge is 0.472 e. The summed E-state index contributed by atoms with van der Waals surface area (Å²) in [6.07, 6.45) is 73.3. The Morgan fingerprint density at radius 2 is 0.718 bits per heavy atom. The standard InChI is InChI=1S/C66H109O11P/c1-4-7-10-13-16-19-22-25-28-30-31-33-36-39-42-45-48-51-54-57-66(70)77-63(59-73-64(68)55-52-49-46-43-40-37-35-32-29-26-23-20-17-14-11-8-5-2)61-75-78(71,72)74-60-62(58-67)76-65(69)56-53-50-47-44-41-38-34-27-24-21-18-15-12-9-6-3/h8-9,11-12,17-18,20-21,25-29,34-35,37,41,44,50,53,62-63,67H,4-7,10,13-16,19,22-24,30-33,36,38-40,42-43,45-49,51-52,54-61H2,1-3H3,(H,71,72)/b11-8-,12-9-,20-17-,21-18-,28-25-,29-26-,34-27-,37-35-,44-41-,53-50-. The van der Waals surface area contributed by atoms with Gasteiger partial charge in [-0.15, -0.1) is 0 Å². The first-order chi connectivity index (χ1) is 38.2. The molecule has 0 aliphatic carbocycles. The fourth-order valence-electron chi connectivity index (χ4n) is 7.83. The minimum atomic E-state index is -4.79. The summed E-state index contributed by atoms with van der Waals surface area (Å²) in [7, 11) is -4.79. The first-order valence-electron chi connectivity index (χ1n) is 30.4. The molecule has 0 rings (SSSR count). The first kappa shape index (κ1) is 73.9. The van der Waals surface area contributed by atoms with Gasteiger partial charge in [0.15, 0.2) is 6.10 Å². The lowest BCUT2D eigenvalue weighted by molar-refractivity contribution is -0.161. The van der Waals surface area contributed by atoms with Crippen LogP contribution in [0.4, 0.5) is 0 Å². The maximum absolute atomic E-state index is 12.9. The zero-order chi connectivity index (χ0) is 56.9. The minimum Gasteiger partial charge on any atom is -0.462 e. The quantitative estimate of drug-likeness (QED) is 0.0197. The van der Waals surface area contributed by atoms with E-state index in [9.17, 15) is 28.9 Å². The second-order valence-electron chi connectivity index (χ2n) is 19.8. The average molecular weight is 1110 g/mol. The Hall–Kier alpha value is -4.12. The summed E-state index contributed by atoms with van der Waals surface area (Å²) in [5.41, 5.74) is 0. The highest BCUT2D eigenvalue weighted by molar-refractivity contribution is 7.47. The van der Waals surface area contributed by atoms with Crippen LogP contribution < -0.4 is 0 Å². The SMILES string of the molecule is CC/C=C\C/C=C\C/C=C\C/C=C\C/C=C\CC(=O)OC(CO)COP(=O)(O)OCC(COC(=O)CCCCCC/C=C\C/C=C\C/C=C\C/C=C\CC)OC(=O)CCCCCCCCCCC/C=C\CCCCCCCC. The van der Waals surface area contributed by atoms with Crippen LogP contribution in [0.1, 0.15) is 239 Å². The van der Waals surface area contributed by atoms with E-state index in [-0.39, 0.29) is 25.9 Å². The van der Waals surface area contributed by atoms with Crippen molar-refractivity contribution in [2.75, 3.05) is 26.4 Å². The van der Waals surface area contributed by atoms with E-state index in [0.717, 1.165) is 96.3 Å². The summed E-state index contributed by atoms with van der Waals surface area (Å²) in [6, 6.07) is 0. The lowest BCUT2D eigenvalue weighted by atomic mass is 10.1. The van der Waals surface area contributed by atoms with Crippen molar-refractivity contribution in [3.05, 3.63) is 122 Å². The Morgan fingerprint density at radius 1 is 0.385 bits per heavy atom. The molecule has 0 aliphatic heterocycles. The first-order valence-corrected chi connectivity index (χ1v) is 31.9. The molecule has 2 N–H and O–H groups in total. The Kier molecular flexibility index (Phi) is 55.9. The van der Waals surface area contributed by atoms with Crippen LogP contribution in [0, 0.1) is 0 Å². The Morgan fingerprint density at radius 3 is 1.14 bits per heavy atom. The van der Waals surface area contributed by atoms with Gasteiger partial charge in [-0.05, 0) is 109 Å². The minimum absolute atomic E-state index is 0.0619. The molecule has 0 fully saturated rings. The number of allylic oxidation sites excluding steroid dienone is 19. The summed E-state index contributed by atoms with van der Waals surface area (Å²) in [6.45, 7) is 4.28. The summed E-state index contributed by atoms with van der Waals surface area (Å²) < 4.78 is 39.5. The number of hydrogen-bond acceptors (Lipinski definition) is 10. The molecule has 3 unspecified atom stereocenters. The van der Waals surface area contributed by atoms with Gasteiger partial charge in [0.25, 0.3) is 0 Å². The van der Waals surface area contributed by atoms with Gasteiger partial charge in [0.2, 0.25) is 0 Å². The molecule has 0 aromatic carbocycles. The van der Waals surface area contributed by atoms with Gasteiger partial charge in [-0.2, -0.15) is 0 Å². The second kappa shape index (κ2) is 59.0. The zero-order valence-corrected chi connectivity index (χ0v) is 50.0. The molecule has 0 spiro atoms. The number of aliphatic hydroxyl groups excluding tert-OH is 1. The number of phosphoric acid groups is 1. The summed E-state index contributed by atoms with van der Waals surface area (Å²) in [5.74, 6) is -1.64. The number of esters is 3. The Labute approximate surface area is 475 Å². The number of ether oxygens (including phenoxy) is 3. The van der Waals surface area contributed by atoms with E-state index < -0.39 is 57.8 Å². The number of aliphatic hydroxyl groups is 1. The number of unbranched alkanes of at least 4 members (excludes halogenated alkanes) is 19. The number of rotatable bonds is 55. The lowest BCUT2D eigenvalue weighted by Crippen LogP contribution is -2.30. The fourth-order valence-corrected chi connectivity index (χ4v) is 8.61. The number of phosphoric ester groups is 1. The molecule has 0 saturated carbocycles. The van der Waals surface area contributed by atoms with Crippen LogP contribution in [0.3, 0.4) is 0 Å². The van der Waals surface area contributed by atoms with Gasteiger partial charge in [0.1, 0.15) is 12.7 Å². The van der Waals surface area contributed by atoms with Crippen LogP contribution in [0.2, 0.25) is 0 Å². The van der Waals surface area contributed by atoms with Gasteiger partial charge in [0, 0.05) is 12.8 Å². The van der Waals surface area contributed by atoms with E-state index in [4.69, 9.17) is 23.3 Å². The van der Waals surface area contributed by atoms with Crippen molar-refractivity contribution in [1.82, 2.24) is 0 Å². The Balaban J connectivity index is 4.84. The van der Waals surface area contributed by atoms with Crippen LogP contribution >= 0.6 is 7.82 Å². The molecular weight excluding hydrogens is 1000 g/mol. The highest BCUT2D eigenvalue weighted by Gasteiger charge is 2.28. The highest BCUT2D eigenvalue weighted by atomic mass is 31.2. The van der Waals surface area contributed by atoms with Crippen LogP contribution in [-0.4, -0.2) is 66.5 Å². The number of carbonyl (C=O) groups excluding carboxylic acids is 3. The van der Waals surface area contributed by atoms with Crippen molar-refractivity contribution in [3.8, 4) is 0 Å². The molecule has 3 atom stereocenters. The van der Waals surface area contributed by atoms with Crippen molar-refractivity contribution in [3.63, 3.8) is 0 Å². The predicted molar refractivity (Wildman–Crippen MR) is 325 cm³/mol. The van der Waals surface area contributed by atoms with Gasteiger partial charge in [-0.3, -0.25) is 23.4 Å². The number of hydrogen-bond donors (Lipinski definition) is 2. The van der Waals surface area contributed by atoms with E-state index in [0.29, 0.717) is 19.3 Å². The molecule has 0 radical (unpaired) electrons. The third kappa shape index (κ3) is 56.6. The topological polar surface area (TPSA) is 155 Å². The average Bonchev–Trinajstić information content (AvgIpc) is 3.43. The van der Waals surface area contributed by atoms with Crippen molar-refractivity contribution < 1.29 is 52.2 Å². The van der Waals surface area contributed by atoms with Gasteiger partial charge < -0.3 is 24.2 Å². The molecule has 0 heterocycles. The molecule has 0 saturated heterocycles. The summed E-state index contributed by atoms with van der Waals surface area (Å²) in [5, 5.41) is 9.81. The van der Waals surface area contributed by atoms with E-state index in [1.807, 2.05) is 18.2 Å². The summed E-state index contributed by atoms with van der Waals surface area (Å²) in [4.78, 5) is 48.6. The van der Waals surface area contributed by atoms with E-state index in [1.165, 1.54) is 83.5 Å². The molecule has 0 aromatic heterocycles. The third-order valence-electron chi connectivity index (χ3n) is 12.4. The molecular formula is C66H109O11P. The zero-order valence-electron chi connectivity index (χ0n) is 49.1. The van der Waals surface area contributed by atoms with Crippen LogP contribution in [0.25, 0.3) is 0 Å². The molecule has 0 amide bonds. The number of carbonyl (C=O) groups is 3. The van der Waals surface area contributed by atoms with Gasteiger partial charge in [0.05, 0.1) is 26.2 Å². The third-order valence-corrected chi connectivity index (χ3v) is 13.3. The van der Waals surface area contributed by atoms with Crippen LogP contribution in [0.15, 0.2) is 122 Å². The molecule has 78 heavy (non-hydrogen) atoms. The maximum atomic E-state index is 12.9. The van der Waals surface area contributed by atoms with E-state index in [2.05, 4.69) is 118 Å². The van der Waals surface area contributed by atoms with Crippen molar-refractivity contribution in [2.45, 2.75) is 251 Å². The van der Waals surface area contributed by atoms with Gasteiger partial charge in [-0.25, -0.2) is 4.57 Å². The smallest absolute Gasteiger partial charge is 0.462 e. The van der Waals surface area contributed by atoms with Crippen LogP contribution in [-0.2, 0) is 42.2 Å². The Bertz CT molecular complexity index is 1770. The monoisotopic (exact) mass is 1110 g/mol. The fraction of sp³-hybridized carbons (Fsp3) is 0.652. The van der Waals surface area contributed by atoms with E-state index in [1.54, 1.807) is 6.08 Å². The van der Waals surface area contributed by atoms with E-state index >= 15 is 0 Å². The maximum Gasteiger partial charge on any atom is 0.472 e. The molecule has 0 aliphatic rings. The van der Waals surface area contributed by atoms with Gasteiger partial charge >= 0.3 is 25.7 Å². The second-order valence-corrected chi connectivity index (χ2v) is 21.2. The predicted octanol–water partition coefficient (Wildman–Crippen LogP) is 18.4. The molecule has 0 aromatic rings. The van der Waals surface area contributed by atoms with Crippen molar-refractivity contribution in [2.24, 2.45) is 0 Å². The molecule has 12 heteroatoms.